The number of carboxylic acids is 1. The maximum Gasteiger partial charge on any atom is 0.410 e. The van der Waals surface area contributed by atoms with Gasteiger partial charge in [0, 0.05) is 0 Å². The fourth-order valence-electron chi connectivity index (χ4n) is 1.30. The third-order valence-corrected chi connectivity index (χ3v) is 3.23. The summed E-state index contributed by atoms with van der Waals surface area (Å²) in [5.41, 5.74) is 0. The van der Waals surface area contributed by atoms with Crippen LogP contribution in [-0.2, 0) is 4.79 Å². The van der Waals surface area contributed by atoms with Gasteiger partial charge in [-0.1, -0.05) is 0 Å². The van der Waals surface area contributed by atoms with Gasteiger partial charge in [-0.25, -0.2) is 4.79 Å². The Hall–Kier alpha value is -1.36. The zero-order valence-electron chi connectivity index (χ0n) is 11.8. The molecule has 0 aromatic rings. The third-order valence-electron chi connectivity index (χ3n) is 2.99. The predicted molar refractivity (Wildman–Crippen MR) is 53.1 cm³/mol. The maximum atomic E-state index is 13.1. The molecule has 0 bridgehead atoms. The van der Waals surface area contributed by atoms with Crippen molar-refractivity contribution in [3.63, 3.8) is 0 Å². The van der Waals surface area contributed by atoms with Gasteiger partial charge in [0.15, 0.2) is 0 Å². The second-order valence-corrected chi connectivity index (χ2v) is 5.30. The van der Waals surface area contributed by atoms with Crippen molar-refractivity contribution >= 4 is 17.6 Å². The molecule has 0 rings (SSSR count). The summed E-state index contributed by atoms with van der Waals surface area (Å²) < 4.78 is 205. The number of carboxylic acid groups (broad SMARTS) is 1. The van der Waals surface area contributed by atoms with Gasteiger partial charge in [0.1, 0.15) is 0 Å². The van der Waals surface area contributed by atoms with E-state index in [9.17, 15) is 75.0 Å². The van der Waals surface area contributed by atoms with Gasteiger partial charge in [-0.2, -0.15) is 70.2 Å². The van der Waals surface area contributed by atoms with Gasteiger partial charge in [0.2, 0.25) is 0 Å². The van der Waals surface area contributed by atoms with E-state index in [4.69, 9.17) is 5.11 Å². The van der Waals surface area contributed by atoms with Gasteiger partial charge in [-0.05, 0) is 11.6 Å². The standard InChI is InChI=1S/C9HClF16O2/c10-9(25,26)8(23,24)7(21,22)6(19,20)5(17,18)4(15,16)3(13,14)2(11,12)1(27)28/h(H,27,28). The highest BCUT2D eigenvalue weighted by Crippen LogP contribution is 2.64. The number of rotatable bonds is 8. The van der Waals surface area contributed by atoms with E-state index < -0.39 is 52.8 Å². The Kier molecular flexibility index (Phi) is 6.01. The predicted octanol–water partition coefficient (Wildman–Crippen LogP) is 5.35. The van der Waals surface area contributed by atoms with Gasteiger partial charge < -0.3 is 5.11 Å². The summed E-state index contributed by atoms with van der Waals surface area (Å²) in [5, 5.41) is 0.762. The zero-order chi connectivity index (χ0) is 23.6. The number of alkyl halides is 17. The molecule has 0 saturated heterocycles. The summed E-state index contributed by atoms with van der Waals surface area (Å²) in [6.07, 6.45) is 0. The summed E-state index contributed by atoms with van der Waals surface area (Å²) in [6.45, 7) is 0. The van der Waals surface area contributed by atoms with E-state index in [0.717, 1.165) is 0 Å². The quantitative estimate of drug-likeness (QED) is 0.376. The molecular formula is C9HClF16O2. The lowest BCUT2D eigenvalue weighted by Gasteiger charge is -2.42. The molecule has 0 aliphatic rings. The highest BCUT2D eigenvalue weighted by atomic mass is 35.5. The molecule has 0 aromatic carbocycles. The lowest BCUT2D eigenvalue weighted by Crippen LogP contribution is -2.75. The van der Waals surface area contributed by atoms with Crippen LogP contribution >= 0.6 is 11.6 Å². The molecule has 0 amide bonds. The minimum absolute atomic E-state index is 3.31. The summed E-state index contributed by atoms with van der Waals surface area (Å²) in [4.78, 5) is 9.80. The van der Waals surface area contributed by atoms with Gasteiger partial charge in [-0.3, -0.25) is 0 Å². The molecule has 28 heavy (non-hydrogen) atoms. The van der Waals surface area contributed by atoms with Crippen LogP contribution < -0.4 is 0 Å². The number of hydrogen-bond donors (Lipinski definition) is 1. The molecule has 0 aromatic heterocycles. The van der Waals surface area contributed by atoms with E-state index in [1.807, 2.05) is 0 Å². The Bertz CT molecular complexity index is 620. The Morgan fingerprint density at radius 2 is 0.714 bits per heavy atom. The number of hydrogen-bond acceptors (Lipinski definition) is 1. The SMILES string of the molecule is O=C(O)C(F)(F)C(F)(F)C(F)(F)C(F)(F)C(F)(F)C(F)(F)C(F)(F)C(F)(F)Cl. The van der Waals surface area contributed by atoms with Crippen LogP contribution in [-0.4, -0.2) is 57.9 Å². The fourth-order valence-corrected chi connectivity index (χ4v) is 1.42. The average Bonchev–Trinajstić information content (AvgIpc) is 2.44. The molecular weight excluding hydrogens is 480 g/mol. The van der Waals surface area contributed by atoms with Crippen LogP contribution in [0.3, 0.4) is 0 Å². The Morgan fingerprint density at radius 1 is 0.500 bits per heavy atom. The normalized spacial score (nSPS) is 16.3. The minimum Gasteiger partial charge on any atom is -0.477 e. The second kappa shape index (κ2) is 6.32. The molecule has 1 N–H and O–H groups in total. The molecule has 0 unspecified atom stereocenters. The van der Waals surface area contributed by atoms with Crippen LogP contribution in [0.15, 0.2) is 0 Å². The van der Waals surface area contributed by atoms with Crippen LogP contribution in [0.2, 0.25) is 0 Å². The Morgan fingerprint density at radius 3 is 0.929 bits per heavy atom. The van der Waals surface area contributed by atoms with Crippen LogP contribution in [0, 0.1) is 0 Å². The average molecular weight is 481 g/mol. The first-order valence-corrected chi connectivity index (χ1v) is 6.02. The molecule has 0 heterocycles. The zero-order valence-corrected chi connectivity index (χ0v) is 12.5. The lowest BCUT2D eigenvalue weighted by molar-refractivity contribution is -0.446. The highest BCUT2D eigenvalue weighted by Gasteiger charge is 2.95. The summed E-state index contributed by atoms with van der Waals surface area (Å²) in [5.74, 6) is -61.8. The molecule has 168 valence electrons. The van der Waals surface area contributed by atoms with Crippen LogP contribution in [0.5, 0.6) is 0 Å². The molecule has 0 spiro atoms. The first kappa shape index (κ1) is 26.6. The van der Waals surface area contributed by atoms with Gasteiger partial charge in [-0.15, -0.1) is 0 Å². The van der Waals surface area contributed by atoms with Crippen LogP contribution in [0.25, 0.3) is 0 Å². The second-order valence-electron chi connectivity index (χ2n) is 4.82. The lowest BCUT2D eigenvalue weighted by atomic mass is 9.89. The van der Waals surface area contributed by atoms with Crippen molar-refractivity contribution in [3.05, 3.63) is 0 Å². The van der Waals surface area contributed by atoms with Crippen molar-refractivity contribution in [2.45, 2.75) is 46.8 Å². The largest absolute Gasteiger partial charge is 0.477 e. The fraction of sp³-hybridized carbons (Fsp3) is 0.889. The summed E-state index contributed by atoms with van der Waals surface area (Å²) in [7, 11) is 0. The molecule has 0 aliphatic heterocycles. The number of halogens is 17. The van der Waals surface area contributed by atoms with E-state index in [0.29, 0.717) is 0 Å². The summed E-state index contributed by atoms with van der Waals surface area (Å²) >= 11 is 3.31. The molecule has 0 atom stereocenters. The van der Waals surface area contributed by atoms with Crippen molar-refractivity contribution < 1.29 is 80.1 Å². The topological polar surface area (TPSA) is 37.3 Å². The molecule has 0 fully saturated rings. The molecule has 0 aliphatic carbocycles. The van der Waals surface area contributed by atoms with E-state index in [-0.39, 0.29) is 0 Å². The summed E-state index contributed by atoms with van der Waals surface area (Å²) in [6, 6.07) is 0. The first-order valence-electron chi connectivity index (χ1n) is 5.64. The monoisotopic (exact) mass is 480 g/mol. The van der Waals surface area contributed by atoms with Crippen molar-refractivity contribution in [1.82, 2.24) is 0 Å². The molecule has 19 heteroatoms. The maximum absolute atomic E-state index is 13.1. The van der Waals surface area contributed by atoms with Gasteiger partial charge in [0.25, 0.3) is 0 Å². The smallest absolute Gasteiger partial charge is 0.410 e. The van der Waals surface area contributed by atoms with Crippen LogP contribution in [0.1, 0.15) is 0 Å². The molecule has 2 nitrogen and oxygen atoms in total. The van der Waals surface area contributed by atoms with Crippen molar-refractivity contribution in [3.8, 4) is 0 Å². The van der Waals surface area contributed by atoms with Crippen LogP contribution in [0.4, 0.5) is 70.2 Å². The number of carbonyl (C=O) groups is 1. The van der Waals surface area contributed by atoms with Gasteiger partial charge >= 0.3 is 52.8 Å². The van der Waals surface area contributed by atoms with E-state index in [1.54, 1.807) is 0 Å². The Balaban J connectivity index is 6.76. The van der Waals surface area contributed by atoms with E-state index in [1.165, 1.54) is 0 Å². The highest BCUT2D eigenvalue weighted by molar-refractivity contribution is 6.22. The molecule has 0 saturated carbocycles. The van der Waals surface area contributed by atoms with Crippen molar-refractivity contribution in [1.29, 1.82) is 0 Å². The Labute approximate surface area is 146 Å². The van der Waals surface area contributed by atoms with Crippen molar-refractivity contribution in [2.75, 3.05) is 0 Å². The van der Waals surface area contributed by atoms with E-state index in [2.05, 4.69) is 11.6 Å². The van der Waals surface area contributed by atoms with E-state index >= 15 is 0 Å². The molecule has 0 radical (unpaired) electrons. The number of aliphatic carboxylic acids is 1. The first-order chi connectivity index (χ1) is 11.7. The third kappa shape index (κ3) is 3.01. The minimum atomic E-state index is -8.66. The van der Waals surface area contributed by atoms with Crippen molar-refractivity contribution in [2.24, 2.45) is 0 Å². The van der Waals surface area contributed by atoms with Gasteiger partial charge in [0.05, 0.1) is 0 Å².